The van der Waals surface area contributed by atoms with Crippen LogP contribution in [0.3, 0.4) is 0 Å². The van der Waals surface area contributed by atoms with Crippen LogP contribution in [0.15, 0.2) is 28.7 Å². The van der Waals surface area contributed by atoms with Crippen molar-refractivity contribution in [2.24, 2.45) is 0 Å². The zero-order chi connectivity index (χ0) is 16.1. The molecular weight excluding hydrogens is 318 g/mol. The molecule has 1 saturated carbocycles. The molecule has 0 radical (unpaired) electrons. The van der Waals surface area contributed by atoms with Crippen LogP contribution in [0.5, 0.6) is 5.75 Å². The molecule has 3 rings (SSSR count). The summed E-state index contributed by atoms with van der Waals surface area (Å²) in [5.41, 5.74) is 0. The summed E-state index contributed by atoms with van der Waals surface area (Å²) in [6.45, 7) is 0.702. The number of carbonyl (C=O) groups is 1. The number of nitrogens with one attached hydrogen (secondary N) is 1. The third-order valence-corrected chi connectivity index (χ3v) is 3.80. The van der Waals surface area contributed by atoms with Crippen molar-refractivity contribution < 1.29 is 13.9 Å². The third kappa shape index (κ3) is 4.69. The molecule has 1 aromatic heterocycles. The predicted octanol–water partition coefficient (Wildman–Crippen LogP) is 3.08. The van der Waals surface area contributed by atoms with Gasteiger partial charge in [0.25, 0.3) is 0 Å². The van der Waals surface area contributed by atoms with E-state index < -0.39 is 0 Å². The number of ether oxygens (including phenoxy) is 1. The number of nitrogens with zero attached hydrogens (tertiary/aromatic N) is 2. The first-order valence-corrected chi connectivity index (χ1v) is 8.06. The van der Waals surface area contributed by atoms with Crippen molar-refractivity contribution in [2.45, 2.75) is 38.1 Å². The van der Waals surface area contributed by atoms with E-state index in [1.807, 2.05) is 12.1 Å². The number of hydrogen-bond donors (Lipinski definition) is 1. The summed E-state index contributed by atoms with van der Waals surface area (Å²) in [5.74, 6) is 2.12. The number of carbonyl (C=O) groups excluding carboxylic acids is 1. The van der Waals surface area contributed by atoms with E-state index in [-0.39, 0.29) is 12.5 Å². The van der Waals surface area contributed by atoms with Crippen LogP contribution in [0.25, 0.3) is 0 Å². The van der Waals surface area contributed by atoms with Gasteiger partial charge in [-0.25, -0.2) is 0 Å². The van der Waals surface area contributed by atoms with Gasteiger partial charge in [0.1, 0.15) is 5.75 Å². The van der Waals surface area contributed by atoms with Crippen LogP contribution < -0.4 is 10.1 Å². The van der Waals surface area contributed by atoms with Crippen LogP contribution in [0.4, 0.5) is 0 Å². The van der Waals surface area contributed by atoms with Crippen LogP contribution in [0.2, 0.25) is 5.02 Å². The Morgan fingerprint density at radius 1 is 1.35 bits per heavy atom. The Morgan fingerprint density at radius 3 is 2.96 bits per heavy atom. The zero-order valence-corrected chi connectivity index (χ0v) is 13.4. The minimum atomic E-state index is -0.0704. The molecule has 23 heavy (non-hydrogen) atoms. The van der Waals surface area contributed by atoms with E-state index >= 15 is 0 Å². The Morgan fingerprint density at radius 2 is 2.17 bits per heavy atom. The van der Waals surface area contributed by atoms with Gasteiger partial charge in [0.15, 0.2) is 0 Å². The van der Waals surface area contributed by atoms with Gasteiger partial charge in [-0.1, -0.05) is 23.7 Å². The molecule has 0 aliphatic heterocycles. The maximum atomic E-state index is 11.8. The maximum Gasteiger partial charge on any atom is 0.235 e. The minimum Gasteiger partial charge on any atom is -0.492 e. The molecule has 2 aromatic rings. The molecule has 7 heteroatoms. The van der Waals surface area contributed by atoms with Gasteiger partial charge in [0, 0.05) is 12.3 Å². The molecule has 0 unspecified atom stereocenters. The van der Waals surface area contributed by atoms with Crippen molar-refractivity contribution in [2.75, 3.05) is 6.61 Å². The molecule has 1 N–H and O–H groups in total. The smallest absolute Gasteiger partial charge is 0.235 e. The SMILES string of the molecule is O=C(CCCOc1ccccc1Cl)NCc1nnc(C2CC2)o1. The Kier molecular flexibility index (Phi) is 5.12. The first-order valence-electron chi connectivity index (χ1n) is 7.68. The van der Waals surface area contributed by atoms with Crippen molar-refractivity contribution in [1.82, 2.24) is 15.5 Å². The van der Waals surface area contributed by atoms with Crippen LogP contribution >= 0.6 is 11.6 Å². The molecule has 122 valence electrons. The predicted molar refractivity (Wildman–Crippen MR) is 84.3 cm³/mol. The summed E-state index contributed by atoms with van der Waals surface area (Å²) in [6, 6.07) is 7.27. The normalized spacial score (nSPS) is 13.8. The van der Waals surface area contributed by atoms with Gasteiger partial charge in [0.2, 0.25) is 17.7 Å². The fourth-order valence-corrected chi connectivity index (χ4v) is 2.26. The van der Waals surface area contributed by atoms with Crippen molar-refractivity contribution in [1.29, 1.82) is 0 Å². The van der Waals surface area contributed by atoms with Gasteiger partial charge in [-0.05, 0) is 31.4 Å². The molecule has 1 aliphatic rings. The average molecular weight is 336 g/mol. The van der Waals surface area contributed by atoms with Gasteiger partial charge in [-0.15, -0.1) is 10.2 Å². The maximum absolute atomic E-state index is 11.8. The van der Waals surface area contributed by atoms with E-state index in [0.29, 0.717) is 47.9 Å². The zero-order valence-electron chi connectivity index (χ0n) is 12.6. The molecule has 0 atom stereocenters. The monoisotopic (exact) mass is 335 g/mol. The minimum absolute atomic E-state index is 0.0704. The summed E-state index contributed by atoms with van der Waals surface area (Å²) in [5, 5.41) is 11.2. The van der Waals surface area contributed by atoms with Crippen LogP contribution in [-0.4, -0.2) is 22.7 Å². The molecule has 1 aliphatic carbocycles. The quantitative estimate of drug-likeness (QED) is 0.750. The van der Waals surface area contributed by atoms with E-state index in [9.17, 15) is 4.79 Å². The topological polar surface area (TPSA) is 77.2 Å². The summed E-state index contributed by atoms with van der Waals surface area (Å²) in [7, 11) is 0. The molecule has 6 nitrogen and oxygen atoms in total. The molecule has 0 saturated heterocycles. The lowest BCUT2D eigenvalue weighted by atomic mass is 10.3. The molecule has 1 aromatic carbocycles. The molecule has 1 fully saturated rings. The first-order chi connectivity index (χ1) is 11.2. The first kappa shape index (κ1) is 15.8. The van der Waals surface area contributed by atoms with E-state index in [1.165, 1.54) is 0 Å². The van der Waals surface area contributed by atoms with Crippen molar-refractivity contribution in [3.63, 3.8) is 0 Å². The van der Waals surface area contributed by atoms with Crippen LogP contribution in [0.1, 0.15) is 43.4 Å². The second kappa shape index (κ2) is 7.46. The molecule has 0 spiro atoms. The highest BCUT2D eigenvalue weighted by molar-refractivity contribution is 6.32. The number of amides is 1. The second-order valence-electron chi connectivity index (χ2n) is 5.47. The Bertz CT molecular complexity index is 670. The molecule has 0 bridgehead atoms. The summed E-state index contributed by atoms with van der Waals surface area (Å²) in [6.07, 6.45) is 3.20. The molecular formula is C16H18ClN3O3. The summed E-state index contributed by atoms with van der Waals surface area (Å²) < 4.78 is 11.0. The molecule has 1 heterocycles. The summed E-state index contributed by atoms with van der Waals surface area (Å²) in [4.78, 5) is 11.8. The van der Waals surface area contributed by atoms with Gasteiger partial charge in [-0.2, -0.15) is 0 Å². The van der Waals surface area contributed by atoms with E-state index in [1.54, 1.807) is 12.1 Å². The fourth-order valence-electron chi connectivity index (χ4n) is 2.07. The standard InChI is InChI=1S/C16H18ClN3O3/c17-12-4-1-2-5-13(12)22-9-3-6-14(21)18-10-15-19-20-16(23-15)11-7-8-11/h1-2,4-5,11H,3,6-10H2,(H,18,21). The number of para-hydroxylation sites is 1. The fraction of sp³-hybridized carbons (Fsp3) is 0.438. The van der Waals surface area contributed by atoms with Gasteiger partial charge < -0.3 is 14.5 Å². The highest BCUT2D eigenvalue weighted by atomic mass is 35.5. The van der Waals surface area contributed by atoms with Crippen LogP contribution in [0, 0.1) is 0 Å². The lowest BCUT2D eigenvalue weighted by molar-refractivity contribution is -0.121. The van der Waals surface area contributed by atoms with Gasteiger partial charge in [0.05, 0.1) is 18.2 Å². The Labute approximate surface area is 139 Å². The van der Waals surface area contributed by atoms with E-state index in [4.69, 9.17) is 20.8 Å². The third-order valence-electron chi connectivity index (χ3n) is 3.49. The Hall–Kier alpha value is -2.08. The van der Waals surface area contributed by atoms with Crippen molar-refractivity contribution >= 4 is 17.5 Å². The second-order valence-corrected chi connectivity index (χ2v) is 5.87. The average Bonchev–Trinajstić information content (AvgIpc) is 3.30. The lowest BCUT2D eigenvalue weighted by Gasteiger charge is -2.07. The number of rotatable bonds is 8. The van der Waals surface area contributed by atoms with E-state index in [2.05, 4.69) is 15.5 Å². The number of halogens is 1. The molecule has 1 amide bonds. The highest BCUT2D eigenvalue weighted by Crippen LogP contribution is 2.38. The highest BCUT2D eigenvalue weighted by Gasteiger charge is 2.29. The number of aromatic nitrogens is 2. The van der Waals surface area contributed by atoms with Gasteiger partial charge >= 0.3 is 0 Å². The van der Waals surface area contributed by atoms with Crippen molar-refractivity contribution in [3.8, 4) is 5.75 Å². The summed E-state index contributed by atoms with van der Waals surface area (Å²) >= 11 is 5.98. The van der Waals surface area contributed by atoms with Crippen molar-refractivity contribution in [3.05, 3.63) is 41.1 Å². The van der Waals surface area contributed by atoms with Crippen LogP contribution in [-0.2, 0) is 11.3 Å². The number of hydrogen-bond acceptors (Lipinski definition) is 5. The van der Waals surface area contributed by atoms with E-state index in [0.717, 1.165) is 12.8 Å². The number of benzene rings is 1. The Balaban J connectivity index is 1.32. The largest absolute Gasteiger partial charge is 0.492 e. The lowest BCUT2D eigenvalue weighted by Crippen LogP contribution is -2.23. The van der Waals surface area contributed by atoms with Gasteiger partial charge in [-0.3, -0.25) is 4.79 Å².